The summed E-state index contributed by atoms with van der Waals surface area (Å²) in [5.41, 5.74) is 8.76. The molecule has 2 heterocycles. The van der Waals surface area contributed by atoms with Gasteiger partial charge in [-0.25, -0.2) is 0 Å². The van der Waals surface area contributed by atoms with Crippen LogP contribution in [0.25, 0.3) is 60.6 Å². The Morgan fingerprint density at radius 1 is 0.600 bits per heavy atom. The maximum absolute atomic E-state index is 6.30. The number of furan rings is 1. The van der Waals surface area contributed by atoms with Crippen LogP contribution >= 0.6 is 0 Å². The molecule has 166 valence electrons. The molecule has 7 rings (SSSR count). The zero-order valence-corrected chi connectivity index (χ0v) is 19.1. The molecule has 3 nitrogen and oxygen atoms in total. The molecule has 7 aromatic rings. The molecule has 0 spiro atoms. The largest absolute Gasteiger partial charge is 0.456 e. The highest BCUT2D eigenvalue weighted by Crippen LogP contribution is 2.37. The van der Waals surface area contributed by atoms with Crippen molar-refractivity contribution in [2.45, 2.75) is 6.54 Å². The average Bonchev–Trinajstić information content (AvgIpc) is 3.43. The summed E-state index contributed by atoms with van der Waals surface area (Å²) in [6, 6.07) is 38.7. The molecular weight excluding hydrogens is 428 g/mol. The van der Waals surface area contributed by atoms with Gasteiger partial charge in [-0.3, -0.25) is 4.99 Å². The van der Waals surface area contributed by atoms with Crippen LogP contribution in [0.4, 0.5) is 0 Å². The van der Waals surface area contributed by atoms with Gasteiger partial charge < -0.3 is 8.98 Å². The molecule has 0 unspecified atom stereocenters. The molecular formula is C32H22N2O. The molecule has 0 amide bonds. The van der Waals surface area contributed by atoms with Crippen LogP contribution in [-0.2, 0) is 6.54 Å². The maximum atomic E-state index is 6.30. The first-order valence-corrected chi connectivity index (χ1v) is 11.8. The van der Waals surface area contributed by atoms with Crippen LogP contribution in [0.15, 0.2) is 119 Å². The van der Waals surface area contributed by atoms with E-state index in [0.29, 0.717) is 6.54 Å². The third kappa shape index (κ3) is 3.09. The van der Waals surface area contributed by atoms with Gasteiger partial charge in [-0.15, -0.1) is 0 Å². The highest BCUT2D eigenvalue weighted by atomic mass is 16.3. The first kappa shape index (κ1) is 19.8. The summed E-state index contributed by atoms with van der Waals surface area (Å²) < 4.78 is 8.64. The van der Waals surface area contributed by atoms with Crippen molar-refractivity contribution in [1.29, 1.82) is 0 Å². The van der Waals surface area contributed by atoms with Crippen molar-refractivity contribution in [2.75, 3.05) is 0 Å². The van der Waals surface area contributed by atoms with Gasteiger partial charge in [0.25, 0.3) is 0 Å². The molecule has 2 aromatic heterocycles. The van der Waals surface area contributed by atoms with Gasteiger partial charge in [-0.2, -0.15) is 0 Å². The summed E-state index contributed by atoms with van der Waals surface area (Å²) in [4.78, 5) is 4.00. The zero-order chi connectivity index (χ0) is 23.4. The summed E-state index contributed by atoms with van der Waals surface area (Å²) in [7, 11) is 0. The van der Waals surface area contributed by atoms with Gasteiger partial charge in [0, 0.05) is 33.3 Å². The summed E-state index contributed by atoms with van der Waals surface area (Å²) in [5, 5.41) is 4.72. The highest BCUT2D eigenvalue weighted by molar-refractivity contribution is 6.11. The average molecular weight is 451 g/mol. The Kier molecular flexibility index (Phi) is 4.36. The minimum atomic E-state index is 0.588. The standard InChI is InChI=1S/C32H22N2O/c1-33-20-21-11-14-26-27-15-13-24(19-32(27)35-31(26)17-21)34-29-10-6-5-9-25(29)28-18-23(12-16-30(28)34)22-7-3-2-4-8-22/h2-19H,1,20H2. The van der Waals surface area contributed by atoms with E-state index in [-0.39, 0.29) is 0 Å². The van der Waals surface area contributed by atoms with Gasteiger partial charge in [0.1, 0.15) is 11.2 Å². The molecule has 0 bridgehead atoms. The Bertz CT molecular complexity index is 1890. The smallest absolute Gasteiger partial charge is 0.137 e. The maximum Gasteiger partial charge on any atom is 0.137 e. The van der Waals surface area contributed by atoms with E-state index in [1.807, 2.05) is 0 Å². The van der Waals surface area contributed by atoms with Crippen LogP contribution in [0.1, 0.15) is 5.56 Å². The molecule has 0 N–H and O–H groups in total. The van der Waals surface area contributed by atoms with E-state index in [9.17, 15) is 0 Å². The number of hydrogen-bond acceptors (Lipinski definition) is 2. The second-order valence-corrected chi connectivity index (χ2v) is 8.95. The van der Waals surface area contributed by atoms with Crippen LogP contribution in [0.2, 0.25) is 0 Å². The van der Waals surface area contributed by atoms with Crippen molar-refractivity contribution in [3.8, 4) is 16.8 Å². The molecule has 5 aromatic carbocycles. The zero-order valence-electron chi connectivity index (χ0n) is 19.1. The van der Waals surface area contributed by atoms with Crippen molar-refractivity contribution in [3.63, 3.8) is 0 Å². The fourth-order valence-corrected chi connectivity index (χ4v) is 5.24. The van der Waals surface area contributed by atoms with Gasteiger partial charge in [0.15, 0.2) is 0 Å². The van der Waals surface area contributed by atoms with Crippen molar-refractivity contribution in [1.82, 2.24) is 4.57 Å². The normalized spacial score (nSPS) is 11.7. The number of rotatable bonds is 4. The molecule has 0 aliphatic rings. The lowest BCUT2D eigenvalue weighted by molar-refractivity contribution is 0.668. The predicted molar refractivity (Wildman–Crippen MR) is 147 cm³/mol. The topological polar surface area (TPSA) is 30.4 Å². The molecule has 0 fully saturated rings. The van der Waals surface area contributed by atoms with E-state index in [0.717, 1.165) is 33.2 Å². The molecule has 0 saturated carbocycles. The SMILES string of the molecule is C=NCc1ccc2c(c1)oc1cc(-n3c4ccccc4c4cc(-c5ccccc5)ccc43)ccc12. The van der Waals surface area contributed by atoms with Gasteiger partial charge in [-0.1, -0.05) is 66.7 Å². The number of nitrogens with zero attached hydrogens (tertiary/aromatic N) is 2. The Labute approximate surface area is 202 Å². The Hall–Kier alpha value is -4.63. The number of aromatic nitrogens is 1. The first-order chi connectivity index (χ1) is 17.3. The number of fused-ring (bicyclic) bond motifs is 6. The Morgan fingerprint density at radius 3 is 2.20 bits per heavy atom. The Morgan fingerprint density at radius 2 is 1.34 bits per heavy atom. The molecule has 0 aliphatic carbocycles. The van der Waals surface area contributed by atoms with E-state index in [1.54, 1.807) is 0 Å². The van der Waals surface area contributed by atoms with E-state index in [2.05, 4.69) is 125 Å². The van der Waals surface area contributed by atoms with Crippen molar-refractivity contribution >= 4 is 50.5 Å². The molecule has 3 heteroatoms. The fourth-order valence-electron chi connectivity index (χ4n) is 5.24. The molecule has 0 radical (unpaired) electrons. The van der Waals surface area contributed by atoms with Crippen LogP contribution in [0, 0.1) is 0 Å². The highest BCUT2D eigenvalue weighted by Gasteiger charge is 2.15. The van der Waals surface area contributed by atoms with Gasteiger partial charge in [-0.05, 0) is 59.8 Å². The monoisotopic (exact) mass is 450 g/mol. The first-order valence-electron chi connectivity index (χ1n) is 11.8. The van der Waals surface area contributed by atoms with Crippen molar-refractivity contribution in [3.05, 3.63) is 115 Å². The van der Waals surface area contributed by atoms with E-state index < -0.39 is 0 Å². The molecule has 35 heavy (non-hydrogen) atoms. The predicted octanol–water partition coefficient (Wildman–Crippen LogP) is 8.55. The number of hydrogen-bond donors (Lipinski definition) is 0. The van der Waals surface area contributed by atoms with E-state index in [1.165, 1.54) is 32.9 Å². The van der Waals surface area contributed by atoms with Gasteiger partial charge in [0.05, 0.1) is 17.6 Å². The third-order valence-electron chi connectivity index (χ3n) is 6.85. The van der Waals surface area contributed by atoms with Crippen molar-refractivity contribution in [2.24, 2.45) is 4.99 Å². The summed E-state index contributed by atoms with van der Waals surface area (Å²) in [6.45, 7) is 4.20. The second-order valence-electron chi connectivity index (χ2n) is 8.95. The molecule has 0 saturated heterocycles. The minimum absolute atomic E-state index is 0.588. The molecule has 0 aliphatic heterocycles. The summed E-state index contributed by atoms with van der Waals surface area (Å²) in [5.74, 6) is 0. The number of aliphatic imine (C=N–C) groups is 1. The third-order valence-corrected chi connectivity index (χ3v) is 6.85. The number of para-hydroxylation sites is 1. The van der Waals surface area contributed by atoms with Crippen LogP contribution in [-0.4, -0.2) is 11.3 Å². The van der Waals surface area contributed by atoms with E-state index in [4.69, 9.17) is 4.42 Å². The minimum Gasteiger partial charge on any atom is -0.456 e. The summed E-state index contributed by atoms with van der Waals surface area (Å²) >= 11 is 0. The number of benzene rings is 5. The van der Waals surface area contributed by atoms with Gasteiger partial charge >= 0.3 is 0 Å². The second kappa shape index (κ2) is 7.71. The quantitative estimate of drug-likeness (QED) is 0.247. The Balaban J connectivity index is 1.45. The fraction of sp³-hybridized carbons (Fsp3) is 0.0312. The van der Waals surface area contributed by atoms with Gasteiger partial charge in [0.2, 0.25) is 0 Å². The lowest BCUT2D eigenvalue weighted by atomic mass is 10.0. The molecule has 0 atom stereocenters. The van der Waals surface area contributed by atoms with Crippen LogP contribution in [0.5, 0.6) is 0 Å². The van der Waals surface area contributed by atoms with Crippen LogP contribution in [0.3, 0.4) is 0 Å². The van der Waals surface area contributed by atoms with Crippen LogP contribution < -0.4 is 0 Å². The van der Waals surface area contributed by atoms with Crippen molar-refractivity contribution < 1.29 is 4.42 Å². The lowest BCUT2D eigenvalue weighted by Crippen LogP contribution is -1.93. The lowest BCUT2D eigenvalue weighted by Gasteiger charge is -2.08. The summed E-state index contributed by atoms with van der Waals surface area (Å²) in [6.07, 6.45) is 0. The van der Waals surface area contributed by atoms with E-state index >= 15 is 0 Å².